The molecule has 0 radical (unpaired) electrons. The van der Waals surface area contributed by atoms with Gasteiger partial charge in [-0.3, -0.25) is 14.7 Å². The van der Waals surface area contributed by atoms with E-state index in [0.29, 0.717) is 25.4 Å². The Bertz CT molecular complexity index is 1170. The Morgan fingerprint density at radius 1 is 1.09 bits per heavy atom. The standard InChI is InChI=1S/C27H33N5O2/c1-3-32-26(34)31(19-22-8-6-7-15-28-22)25(33)27(32)13-16-30(17-14-27)20(2)11-12-21-18-29-24-10-5-4-9-23(21)24/h4-10,15,18,20,29H,3,11-14,16-17,19H2,1-2H3/t20-/m0/s1. The molecule has 178 valence electrons. The number of amides is 3. The molecular weight excluding hydrogens is 426 g/mol. The first-order valence-corrected chi connectivity index (χ1v) is 12.4. The number of imide groups is 1. The molecular formula is C27H33N5O2. The molecule has 0 saturated carbocycles. The fourth-order valence-electron chi connectivity index (χ4n) is 5.72. The third-order valence-corrected chi connectivity index (χ3v) is 7.74. The van der Waals surface area contributed by atoms with Crippen molar-refractivity contribution in [2.24, 2.45) is 0 Å². The molecule has 7 nitrogen and oxygen atoms in total. The van der Waals surface area contributed by atoms with Crippen LogP contribution in [0.5, 0.6) is 0 Å². The molecule has 3 amide bonds. The maximum absolute atomic E-state index is 13.6. The summed E-state index contributed by atoms with van der Waals surface area (Å²) in [6.07, 6.45) is 7.27. The molecule has 2 fully saturated rings. The van der Waals surface area contributed by atoms with E-state index in [1.165, 1.54) is 21.4 Å². The highest BCUT2D eigenvalue weighted by Gasteiger charge is 2.57. The Morgan fingerprint density at radius 2 is 1.85 bits per heavy atom. The van der Waals surface area contributed by atoms with Crippen molar-refractivity contribution >= 4 is 22.8 Å². The second-order valence-electron chi connectivity index (χ2n) is 9.55. The molecule has 4 heterocycles. The molecule has 2 aromatic heterocycles. The summed E-state index contributed by atoms with van der Waals surface area (Å²) >= 11 is 0. The highest BCUT2D eigenvalue weighted by molar-refractivity contribution is 6.07. The molecule has 0 bridgehead atoms. The van der Waals surface area contributed by atoms with Gasteiger partial charge in [-0.1, -0.05) is 24.3 Å². The zero-order valence-corrected chi connectivity index (χ0v) is 20.0. The number of hydrogen-bond donors (Lipinski definition) is 1. The number of nitrogens with zero attached hydrogens (tertiary/aromatic N) is 4. The summed E-state index contributed by atoms with van der Waals surface area (Å²) in [5.41, 5.74) is 2.56. The zero-order chi connectivity index (χ0) is 23.7. The predicted octanol–water partition coefficient (Wildman–Crippen LogP) is 4.20. The number of piperidine rings is 1. The first-order valence-electron chi connectivity index (χ1n) is 12.4. The minimum absolute atomic E-state index is 0.0592. The van der Waals surface area contributed by atoms with Crippen LogP contribution in [-0.2, 0) is 17.8 Å². The zero-order valence-electron chi connectivity index (χ0n) is 20.0. The lowest BCUT2D eigenvalue weighted by molar-refractivity contribution is -0.136. The van der Waals surface area contributed by atoms with Crippen molar-refractivity contribution in [2.45, 2.75) is 57.7 Å². The lowest BCUT2D eigenvalue weighted by Gasteiger charge is -2.43. The summed E-state index contributed by atoms with van der Waals surface area (Å²) in [5, 5.41) is 1.30. The van der Waals surface area contributed by atoms with E-state index in [1.807, 2.05) is 25.1 Å². The van der Waals surface area contributed by atoms with E-state index in [1.54, 1.807) is 11.1 Å². The van der Waals surface area contributed by atoms with E-state index >= 15 is 0 Å². The Balaban J connectivity index is 1.23. The van der Waals surface area contributed by atoms with Gasteiger partial charge in [0.25, 0.3) is 5.91 Å². The maximum Gasteiger partial charge on any atom is 0.328 e. The topological polar surface area (TPSA) is 72.5 Å². The van der Waals surface area contributed by atoms with Gasteiger partial charge in [0, 0.05) is 49.0 Å². The molecule has 1 spiro atoms. The lowest BCUT2D eigenvalue weighted by Crippen LogP contribution is -2.57. The van der Waals surface area contributed by atoms with Crippen LogP contribution in [0.1, 0.15) is 44.4 Å². The first kappa shape index (κ1) is 22.6. The fourth-order valence-corrected chi connectivity index (χ4v) is 5.72. The summed E-state index contributed by atoms with van der Waals surface area (Å²) in [7, 11) is 0. The average molecular weight is 460 g/mol. The third-order valence-electron chi connectivity index (χ3n) is 7.74. The van der Waals surface area contributed by atoms with Crippen LogP contribution in [0, 0.1) is 0 Å². The summed E-state index contributed by atoms with van der Waals surface area (Å²) in [5.74, 6) is -0.0592. The van der Waals surface area contributed by atoms with Crippen molar-refractivity contribution in [1.29, 1.82) is 0 Å². The van der Waals surface area contributed by atoms with E-state index in [-0.39, 0.29) is 18.5 Å². The number of pyridine rings is 1. The van der Waals surface area contributed by atoms with Gasteiger partial charge in [-0.05, 0) is 63.3 Å². The minimum atomic E-state index is -0.715. The van der Waals surface area contributed by atoms with Gasteiger partial charge in [-0.25, -0.2) is 4.79 Å². The molecule has 7 heteroatoms. The van der Waals surface area contributed by atoms with Gasteiger partial charge in [0.05, 0.1) is 12.2 Å². The number of carbonyl (C=O) groups excluding carboxylic acids is 2. The van der Waals surface area contributed by atoms with Gasteiger partial charge >= 0.3 is 6.03 Å². The van der Waals surface area contributed by atoms with E-state index < -0.39 is 5.54 Å². The number of carbonyl (C=O) groups is 2. The van der Waals surface area contributed by atoms with Crippen LogP contribution in [0.2, 0.25) is 0 Å². The number of likely N-dealkylation sites (N-methyl/N-ethyl adjacent to an activating group) is 1. The van der Waals surface area contributed by atoms with Crippen LogP contribution in [0.4, 0.5) is 4.79 Å². The Morgan fingerprint density at radius 3 is 2.59 bits per heavy atom. The first-order chi connectivity index (χ1) is 16.5. The number of aromatic nitrogens is 2. The third kappa shape index (κ3) is 3.88. The molecule has 2 aliphatic heterocycles. The highest BCUT2D eigenvalue weighted by Crippen LogP contribution is 2.38. The Kier molecular flexibility index (Phi) is 6.13. The van der Waals surface area contributed by atoms with Crippen molar-refractivity contribution in [1.82, 2.24) is 24.7 Å². The van der Waals surface area contributed by atoms with Crippen LogP contribution in [0.15, 0.2) is 54.9 Å². The van der Waals surface area contributed by atoms with Gasteiger partial charge in [0.2, 0.25) is 0 Å². The Labute approximate surface area is 200 Å². The van der Waals surface area contributed by atoms with Gasteiger partial charge in [-0.2, -0.15) is 0 Å². The number of H-pyrrole nitrogens is 1. The van der Waals surface area contributed by atoms with Gasteiger partial charge in [0.15, 0.2) is 0 Å². The number of para-hydroxylation sites is 1. The SMILES string of the molecule is CCN1C(=O)N(Cc2ccccn2)C(=O)C12CCN([C@@H](C)CCc1c[nH]c3ccccc13)CC2. The number of benzene rings is 1. The second kappa shape index (κ2) is 9.22. The maximum atomic E-state index is 13.6. The second-order valence-corrected chi connectivity index (χ2v) is 9.55. The minimum Gasteiger partial charge on any atom is -0.361 e. The molecule has 0 aliphatic carbocycles. The van der Waals surface area contributed by atoms with Crippen molar-refractivity contribution in [3.63, 3.8) is 0 Å². The average Bonchev–Trinajstić information content (AvgIpc) is 3.36. The smallest absolute Gasteiger partial charge is 0.328 e. The predicted molar refractivity (Wildman–Crippen MR) is 132 cm³/mol. The molecule has 0 unspecified atom stereocenters. The quantitative estimate of drug-likeness (QED) is 0.538. The van der Waals surface area contributed by atoms with E-state index in [0.717, 1.165) is 31.6 Å². The Hall–Kier alpha value is -3.19. The molecule has 3 aromatic rings. The monoisotopic (exact) mass is 459 g/mol. The molecule has 1 atom stereocenters. The van der Waals surface area contributed by atoms with Gasteiger partial charge in [-0.15, -0.1) is 0 Å². The number of hydrogen-bond acceptors (Lipinski definition) is 4. The summed E-state index contributed by atoms with van der Waals surface area (Å²) in [4.78, 5) is 40.1. The molecule has 2 saturated heterocycles. The van der Waals surface area contributed by atoms with Crippen molar-refractivity contribution < 1.29 is 9.59 Å². The largest absolute Gasteiger partial charge is 0.361 e. The van der Waals surface area contributed by atoms with Crippen LogP contribution in [-0.4, -0.2) is 67.8 Å². The molecule has 34 heavy (non-hydrogen) atoms. The number of urea groups is 1. The van der Waals surface area contributed by atoms with E-state index in [2.05, 4.69) is 52.3 Å². The van der Waals surface area contributed by atoms with E-state index in [9.17, 15) is 9.59 Å². The van der Waals surface area contributed by atoms with Crippen molar-refractivity contribution in [3.8, 4) is 0 Å². The van der Waals surface area contributed by atoms with Crippen molar-refractivity contribution in [3.05, 3.63) is 66.1 Å². The lowest BCUT2D eigenvalue weighted by atomic mass is 9.85. The van der Waals surface area contributed by atoms with Gasteiger partial charge < -0.3 is 14.8 Å². The van der Waals surface area contributed by atoms with Crippen LogP contribution < -0.4 is 0 Å². The van der Waals surface area contributed by atoms with E-state index in [4.69, 9.17) is 0 Å². The molecule has 2 aliphatic rings. The van der Waals surface area contributed by atoms with Crippen LogP contribution >= 0.6 is 0 Å². The molecule has 5 rings (SSSR count). The fraction of sp³-hybridized carbons (Fsp3) is 0.444. The van der Waals surface area contributed by atoms with Crippen LogP contribution in [0.3, 0.4) is 0 Å². The number of aromatic amines is 1. The van der Waals surface area contributed by atoms with Crippen molar-refractivity contribution in [2.75, 3.05) is 19.6 Å². The summed E-state index contributed by atoms with van der Waals surface area (Å²) in [6.45, 7) is 6.66. The number of fused-ring (bicyclic) bond motifs is 1. The number of aryl methyl sites for hydroxylation is 1. The highest BCUT2D eigenvalue weighted by atomic mass is 16.2. The molecule has 1 aromatic carbocycles. The normalized spacial score (nSPS) is 19.5. The summed E-state index contributed by atoms with van der Waals surface area (Å²) in [6, 6.07) is 14.3. The molecule has 1 N–H and O–H groups in total. The van der Waals surface area contributed by atoms with Crippen LogP contribution in [0.25, 0.3) is 10.9 Å². The summed E-state index contributed by atoms with van der Waals surface area (Å²) < 4.78 is 0. The van der Waals surface area contributed by atoms with Gasteiger partial charge in [0.1, 0.15) is 5.54 Å². The number of nitrogens with one attached hydrogen (secondary N) is 1. The number of likely N-dealkylation sites (tertiary alicyclic amines) is 1. The number of rotatable bonds is 7.